The van der Waals surface area contributed by atoms with Crippen LogP contribution in [-0.2, 0) is 0 Å². The third-order valence-electron chi connectivity index (χ3n) is 4.71. The van der Waals surface area contributed by atoms with Crippen LogP contribution >= 0.6 is 0 Å². The Morgan fingerprint density at radius 1 is 1.32 bits per heavy atom. The van der Waals surface area contributed by atoms with Gasteiger partial charge in [0.25, 0.3) is 0 Å². The minimum atomic E-state index is -0.445. The molecule has 6 heteroatoms. The molecule has 1 saturated heterocycles. The molecule has 1 aliphatic rings. The third kappa shape index (κ3) is 4.33. The fourth-order valence-electron chi connectivity index (χ4n) is 3.29. The van der Waals surface area contributed by atoms with Gasteiger partial charge in [0.05, 0.1) is 5.69 Å². The first-order valence-corrected chi connectivity index (χ1v) is 8.91. The summed E-state index contributed by atoms with van der Waals surface area (Å²) >= 11 is 0. The van der Waals surface area contributed by atoms with Crippen LogP contribution in [-0.4, -0.2) is 34.7 Å². The van der Waals surface area contributed by atoms with Gasteiger partial charge < -0.3 is 16.4 Å². The molecule has 1 amide bonds. The number of nitrogens with zero attached hydrogens (tertiary/aromatic N) is 2. The molecular weight excluding hydrogens is 314 g/mol. The molecule has 3 rings (SSSR count). The first-order chi connectivity index (χ1) is 12.2. The van der Waals surface area contributed by atoms with Gasteiger partial charge in [-0.2, -0.15) is 0 Å². The highest BCUT2D eigenvalue weighted by molar-refractivity contribution is 5.93. The largest absolute Gasteiger partial charge is 0.366 e. The van der Waals surface area contributed by atoms with Gasteiger partial charge in [-0.15, -0.1) is 10.2 Å². The molecule has 0 radical (unpaired) electrons. The number of amides is 1. The number of benzene rings is 1. The predicted molar refractivity (Wildman–Crippen MR) is 99.3 cm³/mol. The molecule has 0 aliphatic carbocycles. The van der Waals surface area contributed by atoms with E-state index in [1.165, 1.54) is 19.3 Å². The lowest BCUT2D eigenvalue weighted by Crippen LogP contribution is -2.46. The normalized spacial score (nSPS) is 18.5. The second-order valence-electron chi connectivity index (χ2n) is 6.46. The number of carbonyl (C=O) groups excluding carboxylic acids is 1. The van der Waals surface area contributed by atoms with Crippen LogP contribution in [0.5, 0.6) is 0 Å². The zero-order valence-corrected chi connectivity index (χ0v) is 14.5. The minimum Gasteiger partial charge on any atom is -0.366 e. The smallest absolute Gasteiger partial charge is 0.248 e. The Balaban J connectivity index is 1.71. The van der Waals surface area contributed by atoms with Gasteiger partial charge in [0.2, 0.25) is 5.91 Å². The Morgan fingerprint density at radius 2 is 2.20 bits per heavy atom. The molecule has 2 atom stereocenters. The molecular formula is C19H25N5O. The van der Waals surface area contributed by atoms with Crippen molar-refractivity contribution in [3.8, 4) is 11.3 Å². The lowest BCUT2D eigenvalue weighted by molar-refractivity contribution is 0.100. The molecule has 2 unspecified atom stereocenters. The summed E-state index contributed by atoms with van der Waals surface area (Å²) in [7, 11) is 0. The summed E-state index contributed by atoms with van der Waals surface area (Å²) in [4.78, 5) is 11.3. The maximum Gasteiger partial charge on any atom is 0.248 e. The number of nitrogens with two attached hydrogens (primary N) is 1. The Kier molecular flexibility index (Phi) is 5.60. The zero-order valence-electron chi connectivity index (χ0n) is 14.5. The Labute approximate surface area is 148 Å². The number of carbonyl (C=O) groups is 1. The molecule has 0 saturated carbocycles. The van der Waals surface area contributed by atoms with E-state index >= 15 is 0 Å². The summed E-state index contributed by atoms with van der Waals surface area (Å²) in [6, 6.07) is 11.8. The maximum atomic E-state index is 11.3. The summed E-state index contributed by atoms with van der Waals surface area (Å²) in [6.07, 6.45) is 4.75. The van der Waals surface area contributed by atoms with Crippen molar-refractivity contribution < 1.29 is 4.79 Å². The first-order valence-electron chi connectivity index (χ1n) is 8.91. The molecule has 2 heterocycles. The fraction of sp³-hybridized carbons (Fsp3) is 0.421. The second kappa shape index (κ2) is 8.07. The van der Waals surface area contributed by atoms with Crippen LogP contribution in [0.25, 0.3) is 11.3 Å². The van der Waals surface area contributed by atoms with E-state index in [0.717, 1.165) is 30.0 Å². The van der Waals surface area contributed by atoms with Gasteiger partial charge in [-0.25, -0.2) is 0 Å². The molecule has 1 fully saturated rings. The van der Waals surface area contributed by atoms with Gasteiger partial charge in [-0.05, 0) is 50.1 Å². The summed E-state index contributed by atoms with van der Waals surface area (Å²) in [5, 5.41) is 15.7. The van der Waals surface area contributed by atoms with Crippen molar-refractivity contribution in [3.63, 3.8) is 0 Å². The molecule has 1 aromatic carbocycles. The monoisotopic (exact) mass is 339 g/mol. The van der Waals surface area contributed by atoms with Crippen LogP contribution in [0.15, 0.2) is 36.4 Å². The summed E-state index contributed by atoms with van der Waals surface area (Å²) < 4.78 is 0. The third-order valence-corrected chi connectivity index (χ3v) is 4.71. The molecule has 1 aromatic heterocycles. The van der Waals surface area contributed by atoms with Crippen molar-refractivity contribution in [1.29, 1.82) is 0 Å². The highest BCUT2D eigenvalue weighted by Crippen LogP contribution is 2.20. The van der Waals surface area contributed by atoms with E-state index in [-0.39, 0.29) is 0 Å². The molecule has 6 nitrogen and oxygen atoms in total. The number of primary amides is 1. The van der Waals surface area contributed by atoms with Crippen molar-refractivity contribution in [2.75, 3.05) is 11.9 Å². The Bertz CT molecular complexity index is 710. The van der Waals surface area contributed by atoms with Gasteiger partial charge >= 0.3 is 0 Å². The average molecular weight is 339 g/mol. The highest BCUT2D eigenvalue weighted by Gasteiger charge is 2.22. The van der Waals surface area contributed by atoms with Crippen LogP contribution in [0.3, 0.4) is 0 Å². The topological polar surface area (TPSA) is 92.9 Å². The lowest BCUT2D eigenvalue weighted by Gasteiger charge is -2.31. The Hall–Kier alpha value is -2.47. The summed E-state index contributed by atoms with van der Waals surface area (Å²) in [6.45, 7) is 3.27. The lowest BCUT2D eigenvalue weighted by atomic mass is 9.96. The molecule has 132 valence electrons. The standard InChI is InChI=1S/C19H25N5O/c1-2-15(17-8-3-4-11-21-17)22-18-10-9-16(23-24-18)13-6-5-7-14(12-13)19(20)25/h5-7,9-10,12,15,17,21H,2-4,8,11H2,1H3,(H2,20,25)(H,22,24). The van der Waals surface area contributed by atoms with E-state index in [1.807, 2.05) is 18.2 Å². The minimum absolute atomic E-state index is 0.346. The zero-order chi connectivity index (χ0) is 17.6. The molecule has 1 aliphatic heterocycles. The fourth-order valence-corrected chi connectivity index (χ4v) is 3.29. The maximum absolute atomic E-state index is 11.3. The number of hydrogen-bond acceptors (Lipinski definition) is 5. The van der Waals surface area contributed by atoms with E-state index in [9.17, 15) is 4.79 Å². The summed E-state index contributed by atoms with van der Waals surface area (Å²) in [5.41, 5.74) is 7.35. The first kappa shape index (κ1) is 17.4. The van der Waals surface area contributed by atoms with E-state index in [4.69, 9.17) is 5.73 Å². The van der Waals surface area contributed by atoms with Crippen LogP contribution in [0.4, 0.5) is 5.82 Å². The number of piperidine rings is 1. The van der Waals surface area contributed by atoms with Gasteiger partial charge in [0.15, 0.2) is 0 Å². The van der Waals surface area contributed by atoms with E-state index in [1.54, 1.807) is 18.2 Å². The van der Waals surface area contributed by atoms with Crippen molar-refractivity contribution in [1.82, 2.24) is 15.5 Å². The van der Waals surface area contributed by atoms with Gasteiger partial charge in [0, 0.05) is 23.2 Å². The van der Waals surface area contributed by atoms with Crippen LogP contribution in [0.2, 0.25) is 0 Å². The van der Waals surface area contributed by atoms with E-state index < -0.39 is 5.91 Å². The van der Waals surface area contributed by atoms with Crippen LogP contribution < -0.4 is 16.4 Å². The Morgan fingerprint density at radius 3 is 2.84 bits per heavy atom. The van der Waals surface area contributed by atoms with Gasteiger partial charge in [-0.1, -0.05) is 25.5 Å². The molecule has 25 heavy (non-hydrogen) atoms. The van der Waals surface area contributed by atoms with Crippen molar-refractivity contribution >= 4 is 11.7 Å². The molecule has 0 bridgehead atoms. The van der Waals surface area contributed by atoms with Crippen molar-refractivity contribution in [2.45, 2.75) is 44.7 Å². The van der Waals surface area contributed by atoms with Crippen molar-refractivity contribution in [3.05, 3.63) is 42.0 Å². The highest BCUT2D eigenvalue weighted by atomic mass is 16.1. The molecule has 0 spiro atoms. The van der Waals surface area contributed by atoms with E-state index in [0.29, 0.717) is 17.6 Å². The summed E-state index contributed by atoms with van der Waals surface area (Å²) in [5.74, 6) is 0.327. The van der Waals surface area contributed by atoms with Gasteiger partial charge in [0.1, 0.15) is 5.82 Å². The number of aromatic nitrogens is 2. The number of rotatable bonds is 6. The second-order valence-corrected chi connectivity index (χ2v) is 6.46. The number of nitrogens with one attached hydrogen (secondary N) is 2. The number of anilines is 1. The molecule has 2 aromatic rings. The average Bonchev–Trinajstić information content (AvgIpc) is 2.67. The van der Waals surface area contributed by atoms with Crippen LogP contribution in [0.1, 0.15) is 43.0 Å². The van der Waals surface area contributed by atoms with Gasteiger partial charge in [-0.3, -0.25) is 4.79 Å². The van der Waals surface area contributed by atoms with Crippen molar-refractivity contribution in [2.24, 2.45) is 5.73 Å². The predicted octanol–water partition coefficient (Wildman–Crippen LogP) is 2.58. The number of hydrogen-bond donors (Lipinski definition) is 3. The van der Waals surface area contributed by atoms with E-state index in [2.05, 4.69) is 27.8 Å². The SMILES string of the molecule is CCC(Nc1ccc(-c2cccc(C(N)=O)c2)nn1)C1CCCCN1. The quantitative estimate of drug-likeness (QED) is 0.752. The molecule has 4 N–H and O–H groups in total. The van der Waals surface area contributed by atoms with Crippen LogP contribution in [0, 0.1) is 0 Å².